The van der Waals surface area contributed by atoms with Gasteiger partial charge in [-0.05, 0) is 18.8 Å². The smallest absolute Gasteiger partial charge is 0.330 e. The Labute approximate surface area is 80.0 Å². The molecule has 13 heavy (non-hydrogen) atoms. The van der Waals surface area contributed by atoms with Crippen molar-refractivity contribution in [2.45, 2.75) is 39.7 Å². The van der Waals surface area contributed by atoms with Crippen molar-refractivity contribution in [1.82, 2.24) is 0 Å². The molecule has 2 unspecified atom stereocenters. The molecular formula is C11H18O2. The third kappa shape index (κ3) is 1.93. The van der Waals surface area contributed by atoms with Crippen LogP contribution < -0.4 is 0 Å². The number of hydrogen-bond acceptors (Lipinski definition) is 2. The van der Waals surface area contributed by atoms with Gasteiger partial charge in [0.2, 0.25) is 0 Å². The summed E-state index contributed by atoms with van der Waals surface area (Å²) in [7, 11) is 0. The summed E-state index contributed by atoms with van der Waals surface area (Å²) < 4.78 is 5.29. The van der Waals surface area contributed by atoms with Crippen LogP contribution in [-0.2, 0) is 9.53 Å². The molecule has 0 spiro atoms. The zero-order chi connectivity index (χ0) is 10.1. The zero-order valence-electron chi connectivity index (χ0n) is 8.67. The van der Waals surface area contributed by atoms with Crippen LogP contribution in [0.1, 0.15) is 33.6 Å². The van der Waals surface area contributed by atoms with Crippen LogP contribution >= 0.6 is 0 Å². The van der Waals surface area contributed by atoms with Crippen LogP contribution in [0.15, 0.2) is 12.7 Å². The van der Waals surface area contributed by atoms with E-state index in [9.17, 15) is 4.79 Å². The minimum absolute atomic E-state index is 0.0630. The van der Waals surface area contributed by atoms with E-state index in [4.69, 9.17) is 4.74 Å². The molecule has 2 atom stereocenters. The number of carbonyl (C=O) groups excluding carboxylic acids is 1. The number of rotatable bonds is 2. The summed E-state index contributed by atoms with van der Waals surface area (Å²) in [6.45, 7) is 9.92. The van der Waals surface area contributed by atoms with Crippen LogP contribution in [0.2, 0.25) is 0 Å². The van der Waals surface area contributed by atoms with Gasteiger partial charge in [0, 0.05) is 11.5 Å². The van der Waals surface area contributed by atoms with E-state index in [1.807, 2.05) is 0 Å². The molecule has 0 aromatic carbocycles. The van der Waals surface area contributed by atoms with Crippen LogP contribution in [0.4, 0.5) is 0 Å². The monoisotopic (exact) mass is 182 g/mol. The van der Waals surface area contributed by atoms with Gasteiger partial charge in [-0.3, -0.25) is 0 Å². The fraction of sp³-hybridized carbons (Fsp3) is 0.727. The quantitative estimate of drug-likeness (QED) is 0.484. The Morgan fingerprint density at radius 2 is 2.15 bits per heavy atom. The summed E-state index contributed by atoms with van der Waals surface area (Å²) in [6.07, 6.45) is 3.42. The molecule has 1 rings (SSSR count). The standard InChI is InChI=1S/C11H18O2/c1-5-10(12)13-9-7-6-8(2)11(9,3)4/h5,8-9H,1,6-7H2,2-4H3. The lowest BCUT2D eigenvalue weighted by Crippen LogP contribution is -2.31. The average Bonchev–Trinajstić information content (AvgIpc) is 2.31. The third-order valence-electron chi connectivity index (χ3n) is 3.39. The maximum atomic E-state index is 11.0. The highest BCUT2D eigenvalue weighted by Gasteiger charge is 2.42. The maximum absolute atomic E-state index is 11.0. The van der Waals surface area contributed by atoms with Gasteiger partial charge in [-0.2, -0.15) is 0 Å². The topological polar surface area (TPSA) is 26.3 Å². The third-order valence-corrected chi connectivity index (χ3v) is 3.39. The van der Waals surface area contributed by atoms with E-state index in [-0.39, 0.29) is 17.5 Å². The van der Waals surface area contributed by atoms with Crippen LogP contribution in [-0.4, -0.2) is 12.1 Å². The van der Waals surface area contributed by atoms with Crippen molar-refractivity contribution >= 4 is 5.97 Å². The summed E-state index contributed by atoms with van der Waals surface area (Å²) in [5.74, 6) is 0.322. The molecule has 0 heterocycles. The van der Waals surface area contributed by atoms with Crippen LogP contribution in [0.5, 0.6) is 0 Å². The molecule has 2 heteroatoms. The van der Waals surface area contributed by atoms with E-state index in [0.29, 0.717) is 5.92 Å². The lowest BCUT2D eigenvalue weighted by Gasteiger charge is -2.30. The highest BCUT2D eigenvalue weighted by atomic mass is 16.5. The number of carbonyl (C=O) groups is 1. The van der Waals surface area contributed by atoms with Crippen LogP contribution in [0, 0.1) is 11.3 Å². The average molecular weight is 182 g/mol. The number of hydrogen-bond donors (Lipinski definition) is 0. The summed E-state index contributed by atoms with van der Waals surface area (Å²) in [4.78, 5) is 11.0. The van der Waals surface area contributed by atoms with E-state index >= 15 is 0 Å². The summed E-state index contributed by atoms with van der Waals surface area (Å²) in [6, 6.07) is 0. The molecule has 1 fully saturated rings. The zero-order valence-corrected chi connectivity index (χ0v) is 8.67. The Hall–Kier alpha value is -0.790. The Balaban J connectivity index is 2.62. The van der Waals surface area contributed by atoms with Gasteiger partial charge in [0.1, 0.15) is 6.10 Å². The van der Waals surface area contributed by atoms with Crippen molar-refractivity contribution in [3.05, 3.63) is 12.7 Å². The van der Waals surface area contributed by atoms with Gasteiger partial charge in [0.05, 0.1) is 0 Å². The van der Waals surface area contributed by atoms with Gasteiger partial charge in [-0.25, -0.2) is 4.79 Å². The first-order chi connectivity index (χ1) is 5.98. The molecule has 1 aliphatic rings. The van der Waals surface area contributed by atoms with Crippen molar-refractivity contribution < 1.29 is 9.53 Å². The fourth-order valence-electron chi connectivity index (χ4n) is 1.86. The van der Waals surface area contributed by atoms with Crippen molar-refractivity contribution in [1.29, 1.82) is 0 Å². The molecule has 0 N–H and O–H groups in total. The van der Waals surface area contributed by atoms with E-state index in [1.54, 1.807) is 0 Å². The van der Waals surface area contributed by atoms with E-state index in [1.165, 1.54) is 6.08 Å². The lowest BCUT2D eigenvalue weighted by atomic mass is 9.81. The Morgan fingerprint density at radius 1 is 1.54 bits per heavy atom. The van der Waals surface area contributed by atoms with Crippen LogP contribution in [0.25, 0.3) is 0 Å². The maximum Gasteiger partial charge on any atom is 0.330 e. The lowest BCUT2D eigenvalue weighted by molar-refractivity contribution is -0.148. The molecule has 2 nitrogen and oxygen atoms in total. The molecule has 0 radical (unpaired) electrons. The molecule has 74 valence electrons. The van der Waals surface area contributed by atoms with Crippen molar-refractivity contribution in [3.8, 4) is 0 Å². The van der Waals surface area contributed by atoms with Gasteiger partial charge in [-0.15, -0.1) is 0 Å². The molecular weight excluding hydrogens is 164 g/mol. The van der Waals surface area contributed by atoms with Gasteiger partial charge in [0.15, 0.2) is 0 Å². The summed E-state index contributed by atoms with van der Waals surface area (Å²) in [5, 5.41) is 0. The first-order valence-electron chi connectivity index (χ1n) is 4.81. The molecule has 1 aliphatic carbocycles. The highest BCUT2D eigenvalue weighted by Crippen LogP contribution is 2.44. The Bertz CT molecular complexity index is 218. The minimum Gasteiger partial charge on any atom is -0.459 e. The van der Waals surface area contributed by atoms with Gasteiger partial charge in [0.25, 0.3) is 0 Å². The number of ether oxygens (including phenoxy) is 1. The molecule has 0 aliphatic heterocycles. The predicted octanol–water partition coefficient (Wildman–Crippen LogP) is 2.54. The second-order valence-corrected chi connectivity index (χ2v) is 4.43. The van der Waals surface area contributed by atoms with Gasteiger partial charge in [-0.1, -0.05) is 27.4 Å². The molecule has 0 bridgehead atoms. The molecule has 0 amide bonds. The van der Waals surface area contributed by atoms with Crippen molar-refractivity contribution in [2.75, 3.05) is 0 Å². The Kier molecular flexibility index (Phi) is 2.79. The van der Waals surface area contributed by atoms with Gasteiger partial charge >= 0.3 is 5.97 Å². The summed E-state index contributed by atoms with van der Waals surface area (Å²) >= 11 is 0. The molecule has 0 aromatic heterocycles. The Morgan fingerprint density at radius 3 is 2.54 bits per heavy atom. The molecule has 0 aromatic rings. The molecule has 1 saturated carbocycles. The van der Waals surface area contributed by atoms with Crippen molar-refractivity contribution in [3.63, 3.8) is 0 Å². The predicted molar refractivity (Wildman–Crippen MR) is 52.3 cm³/mol. The normalized spacial score (nSPS) is 31.3. The summed E-state index contributed by atoms with van der Waals surface area (Å²) in [5.41, 5.74) is 0.110. The second-order valence-electron chi connectivity index (χ2n) is 4.43. The number of esters is 1. The first-order valence-corrected chi connectivity index (χ1v) is 4.81. The molecule has 0 saturated heterocycles. The van der Waals surface area contributed by atoms with E-state index in [0.717, 1.165) is 12.8 Å². The van der Waals surface area contributed by atoms with Crippen molar-refractivity contribution in [2.24, 2.45) is 11.3 Å². The van der Waals surface area contributed by atoms with E-state index in [2.05, 4.69) is 27.4 Å². The fourth-order valence-corrected chi connectivity index (χ4v) is 1.86. The first kappa shape index (κ1) is 10.3. The van der Waals surface area contributed by atoms with Gasteiger partial charge < -0.3 is 4.74 Å². The SMILES string of the molecule is C=CC(=O)OC1CCC(C)C1(C)C. The van der Waals surface area contributed by atoms with E-state index < -0.39 is 0 Å². The highest BCUT2D eigenvalue weighted by molar-refractivity contribution is 5.81. The minimum atomic E-state index is -0.299. The second kappa shape index (κ2) is 3.52. The largest absolute Gasteiger partial charge is 0.459 e. The van der Waals surface area contributed by atoms with Crippen LogP contribution in [0.3, 0.4) is 0 Å².